The molecule has 1 amide bonds. The number of benzene rings is 2. The van der Waals surface area contributed by atoms with Crippen LogP contribution in [-0.4, -0.2) is 37.3 Å². The van der Waals surface area contributed by atoms with Crippen LogP contribution >= 0.6 is 0 Å². The number of nitrogen functional groups attached to an aromatic ring is 1. The molecular formula is C24H28BF3N2O5. The quantitative estimate of drug-likeness (QED) is 0.413. The van der Waals surface area contributed by atoms with Crippen LogP contribution in [0.3, 0.4) is 0 Å². The molecule has 3 N–H and O–H groups in total. The zero-order valence-corrected chi connectivity index (χ0v) is 19.9. The third kappa shape index (κ3) is 7.16. The van der Waals surface area contributed by atoms with Crippen LogP contribution in [-0.2, 0) is 20.7 Å². The van der Waals surface area contributed by atoms with Crippen molar-refractivity contribution in [2.75, 3.05) is 12.3 Å². The Bertz CT molecular complexity index is 1060. The molecule has 2 aromatic carbocycles. The van der Waals surface area contributed by atoms with Gasteiger partial charge in [-0.15, -0.1) is 13.2 Å². The van der Waals surface area contributed by atoms with E-state index in [9.17, 15) is 18.0 Å². The molecule has 0 atom stereocenters. The number of ether oxygens (including phenoxy) is 2. The van der Waals surface area contributed by atoms with Gasteiger partial charge in [-0.05, 0) is 56.9 Å². The molecule has 1 heterocycles. The number of carbonyl (C=O) groups excluding carboxylic acids is 1. The van der Waals surface area contributed by atoms with Gasteiger partial charge in [-0.2, -0.15) is 0 Å². The summed E-state index contributed by atoms with van der Waals surface area (Å²) in [7, 11) is -0.949. The summed E-state index contributed by atoms with van der Waals surface area (Å²) in [5.74, 6) is -0.452. The van der Waals surface area contributed by atoms with Crippen molar-refractivity contribution in [1.82, 2.24) is 5.32 Å². The molecule has 35 heavy (non-hydrogen) atoms. The SMILES string of the molecule is CC1(C)OB(C(=Cc2cc(N)ccc2OC(F)(F)F)CNC(=O)OCc2ccccc2)OC1(C)C. The van der Waals surface area contributed by atoms with Crippen molar-refractivity contribution in [2.24, 2.45) is 0 Å². The maximum absolute atomic E-state index is 12.9. The summed E-state index contributed by atoms with van der Waals surface area (Å²) in [5.41, 5.74) is 5.80. The van der Waals surface area contributed by atoms with Crippen LogP contribution < -0.4 is 15.8 Å². The summed E-state index contributed by atoms with van der Waals surface area (Å²) in [5, 5.41) is 2.60. The van der Waals surface area contributed by atoms with E-state index < -0.39 is 36.5 Å². The molecule has 3 rings (SSSR count). The van der Waals surface area contributed by atoms with E-state index in [1.54, 1.807) is 0 Å². The molecule has 1 fully saturated rings. The first-order valence-electron chi connectivity index (χ1n) is 10.9. The minimum absolute atomic E-state index is 0.0477. The van der Waals surface area contributed by atoms with E-state index >= 15 is 0 Å². The summed E-state index contributed by atoms with van der Waals surface area (Å²) in [6.07, 6.45) is -4.21. The average molecular weight is 492 g/mol. The number of alkyl carbamates (subject to hydrolysis) is 1. The van der Waals surface area contributed by atoms with E-state index in [0.717, 1.165) is 11.6 Å². The van der Waals surface area contributed by atoms with Crippen molar-refractivity contribution < 1.29 is 36.7 Å². The molecule has 0 unspecified atom stereocenters. The van der Waals surface area contributed by atoms with Crippen LogP contribution in [0.15, 0.2) is 54.0 Å². The molecule has 0 spiro atoms. The Kier molecular flexibility index (Phi) is 7.71. The Balaban J connectivity index is 1.85. The Hall–Kier alpha value is -3.18. The van der Waals surface area contributed by atoms with Gasteiger partial charge in [0.1, 0.15) is 12.4 Å². The summed E-state index contributed by atoms with van der Waals surface area (Å²) in [4.78, 5) is 12.3. The van der Waals surface area contributed by atoms with Gasteiger partial charge >= 0.3 is 19.6 Å². The van der Waals surface area contributed by atoms with Gasteiger partial charge in [0, 0.05) is 17.8 Å². The van der Waals surface area contributed by atoms with E-state index in [0.29, 0.717) is 5.47 Å². The van der Waals surface area contributed by atoms with Crippen LogP contribution in [0, 0.1) is 0 Å². The molecule has 0 aromatic heterocycles. The maximum Gasteiger partial charge on any atom is 0.573 e. The van der Waals surface area contributed by atoms with Crippen molar-refractivity contribution >= 4 is 25.0 Å². The number of hydrogen-bond acceptors (Lipinski definition) is 6. The van der Waals surface area contributed by atoms with E-state index in [1.807, 2.05) is 58.0 Å². The summed E-state index contributed by atoms with van der Waals surface area (Å²) < 4.78 is 60.3. The number of nitrogens with two attached hydrogens (primary N) is 1. The highest BCUT2D eigenvalue weighted by Gasteiger charge is 2.52. The highest BCUT2D eigenvalue weighted by molar-refractivity contribution is 6.56. The molecule has 0 saturated carbocycles. The fraction of sp³-hybridized carbons (Fsp3) is 0.375. The van der Waals surface area contributed by atoms with Gasteiger partial charge in [0.15, 0.2) is 0 Å². The number of alkyl halides is 3. The Morgan fingerprint density at radius 2 is 1.71 bits per heavy atom. The minimum Gasteiger partial charge on any atom is -0.445 e. The van der Waals surface area contributed by atoms with Crippen molar-refractivity contribution in [3.8, 4) is 5.75 Å². The first-order chi connectivity index (χ1) is 16.3. The van der Waals surface area contributed by atoms with Gasteiger partial charge in [-0.1, -0.05) is 36.4 Å². The predicted molar refractivity (Wildman–Crippen MR) is 126 cm³/mol. The lowest BCUT2D eigenvalue weighted by atomic mass is 9.77. The smallest absolute Gasteiger partial charge is 0.445 e. The molecule has 0 radical (unpaired) electrons. The van der Waals surface area contributed by atoms with Crippen LogP contribution in [0.25, 0.3) is 6.08 Å². The molecule has 1 aliphatic heterocycles. The molecule has 1 saturated heterocycles. The standard InChI is InChI=1S/C24H28BF3N2O5/c1-22(2)23(3,4)35-25(34-22)18(14-30-21(31)32-15-16-8-6-5-7-9-16)12-17-13-19(29)10-11-20(17)33-24(26,27)28/h5-13H,14-15,29H2,1-4H3,(H,30,31). The van der Waals surface area contributed by atoms with E-state index in [1.165, 1.54) is 18.2 Å². The lowest BCUT2D eigenvalue weighted by Crippen LogP contribution is -2.41. The second-order valence-corrected chi connectivity index (χ2v) is 9.07. The summed E-state index contributed by atoms with van der Waals surface area (Å²) >= 11 is 0. The molecule has 11 heteroatoms. The van der Waals surface area contributed by atoms with Crippen LogP contribution in [0.5, 0.6) is 5.75 Å². The maximum atomic E-state index is 12.9. The van der Waals surface area contributed by atoms with Crippen molar-refractivity contribution in [3.63, 3.8) is 0 Å². The van der Waals surface area contributed by atoms with E-state index in [4.69, 9.17) is 19.8 Å². The molecule has 7 nitrogen and oxygen atoms in total. The number of anilines is 1. The van der Waals surface area contributed by atoms with E-state index in [-0.39, 0.29) is 24.4 Å². The Morgan fingerprint density at radius 3 is 2.31 bits per heavy atom. The topological polar surface area (TPSA) is 92.0 Å². The predicted octanol–water partition coefficient (Wildman–Crippen LogP) is 5.11. The first kappa shape index (κ1) is 26.4. The zero-order chi connectivity index (χ0) is 25.9. The van der Waals surface area contributed by atoms with Gasteiger partial charge in [0.05, 0.1) is 11.2 Å². The van der Waals surface area contributed by atoms with E-state index in [2.05, 4.69) is 10.1 Å². The average Bonchev–Trinajstić information content (AvgIpc) is 2.98. The van der Waals surface area contributed by atoms with Crippen molar-refractivity contribution in [1.29, 1.82) is 0 Å². The fourth-order valence-electron chi connectivity index (χ4n) is 3.24. The summed E-state index contributed by atoms with van der Waals surface area (Å²) in [6, 6.07) is 12.9. The molecule has 0 bridgehead atoms. The summed E-state index contributed by atoms with van der Waals surface area (Å²) in [6.45, 7) is 7.29. The van der Waals surface area contributed by atoms with Gasteiger partial charge in [-0.3, -0.25) is 0 Å². The number of amides is 1. The fourth-order valence-corrected chi connectivity index (χ4v) is 3.24. The Labute approximate surface area is 202 Å². The Morgan fingerprint density at radius 1 is 1.09 bits per heavy atom. The monoisotopic (exact) mass is 492 g/mol. The van der Waals surface area contributed by atoms with Crippen LogP contribution in [0.1, 0.15) is 38.8 Å². The molecular weight excluding hydrogens is 464 g/mol. The molecule has 2 aromatic rings. The zero-order valence-electron chi connectivity index (χ0n) is 19.9. The molecule has 188 valence electrons. The number of rotatable bonds is 7. The lowest BCUT2D eigenvalue weighted by Gasteiger charge is -2.32. The highest BCUT2D eigenvalue weighted by atomic mass is 19.4. The van der Waals surface area contributed by atoms with Gasteiger partial charge in [-0.25, -0.2) is 4.79 Å². The third-order valence-electron chi connectivity index (χ3n) is 5.81. The lowest BCUT2D eigenvalue weighted by molar-refractivity contribution is -0.274. The van der Waals surface area contributed by atoms with Crippen molar-refractivity contribution in [3.05, 3.63) is 65.1 Å². The number of hydrogen-bond donors (Lipinski definition) is 2. The minimum atomic E-state index is -4.90. The number of nitrogens with one attached hydrogen (secondary N) is 1. The normalized spacial score (nSPS) is 17.2. The number of halogens is 3. The van der Waals surface area contributed by atoms with Gasteiger partial charge < -0.3 is 29.8 Å². The molecule has 1 aliphatic rings. The second-order valence-electron chi connectivity index (χ2n) is 9.07. The second kappa shape index (κ2) is 10.2. The highest BCUT2D eigenvalue weighted by Crippen LogP contribution is 2.39. The van der Waals surface area contributed by atoms with Gasteiger partial charge in [0.25, 0.3) is 0 Å². The first-order valence-corrected chi connectivity index (χ1v) is 10.9. The van der Waals surface area contributed by atoms with Crippen LogP contribution in [0.4, 0.5) is 23.7 Å². The van der Waals surface area contributed by atoms with Crippen LogP contribution in [0.2, 0.25) is 0 Å². The molecule has 0 aliphatic carbocycles. The van der Waals surface area contributed by atoms with Gasteiger partial charge in [0.2, 0.25) is 0 Å². The number of carbonyl (C=O) groups is 1. The largest absolute Gasteiger partial charge is 0.573 e. The van der Waals surface area contributed by atoms with Crippen molar-refractivity contribution in [2.45, 2.75) is 51.9 Å². The third-order valence-corrected chi connectivity index (χ3v) is 5.81.